The first-order chi connectivity index (χ1) is 16.3. The van der Waals surface area contributed by atoms with Gasteiger partial charge in [0, 0.05) is 47.0 Å². The second-order valence-corrected chi connectivity index (χ2v) is 8.17. The highest BCUT2D eigenvalue weighted by Crippen LogP contribution is 2.32. The number of amides is 1. The summed E-state index contributed by atoms with van der Waals surface area (Å²) in [7, 11) is 1.51. The van der Waals surface area contributed by atoms with Gasteiger partial charge in [0.1, 0.15) is 17.9 Å². The number of halogens is 2. The third-order valence-electron chi connectivity index (χ3n) is 5.24. The Balaban J connectivity index is 1.92. The maximum atomic E-state index is 13.8. The molecule has 0 fully saturated rings. The topological polar surface area (TPSA) is 75.6 Å². The molecule has 0 aliphatic heterocycles. The van der Waals surface area contributed by atoms with Crippen LogP contribution in [0.5, 0.6) is 5.75 Å². The fourth-order valence-corrected chi connectivity index (χ4v) is 3.83. The normalized spacial score (nSPS) is 12.7. The lowest BCUT2D eigenvalue weighted by atomic mass is 10.0. The summed E-state index contributed by atoms with van der Waals surface area (Å²) in [5, 5.41) is 7.29. The molecule has 1 heterocycles. The van der Waals surface area contributed by atoms with Crippen molar-refractivity contribution in [1.29, 1.82) is 0 Å². The molecule has 2 N–H and O–H groups in total. The molecule has 3 rings (SSSR count). The van der Waals surface area contributed by atoms with E-state index in [4.69, 9.17) is 16.3 Å². The largest absolute Gasteiger partial charge is 0.487 e. The maximum Gasteiger partial charge on any atom is 0.220 e. The second kappa shape index (κ2) is 11.6. The van der Waals surface area contributed by atoms with Gasteiger partial charge in [-0.25, -0.2) is 9.37 Å². The van der Waals surface area contributed by atoms with Crippen LogP contribution in [0.4, 0.5) is 10.1 Å². The predicted octanol–water partition coefficient (Wildman–Crippen LogP) is 6.29. The third-order valence-corrected chi connectivity index (χ3v) is 5.59. The van der Waals surface area contributed by atoms with E-state index >= 15 is 0 Å². The Morgan fingerprint density at radius 1 is 1.29 bits per heavy atom. The van der Waals surface area contributed by atoms with Crippen molar-refractivity contribution < 1.29 is 13.9 Å². The number of allylic oxidation sites excluding steroid dienone is 1. The number of pyridine rings is 1. The number of ether oxygens (including phenoxy) is 1. The zero-order valence-corrected chi connectivity index (χ0v) is 20.4. The zero-order valence-electron chi connectivity index (χ0n) is 19.7. The van der Waals surface area contributed by atoms with Crippen molar-refractivity contribution in [3.05, 3.63) is 76.3 Å². The van der Waals surface area contributed by atoms with Crippen LogP contribution in [0, 0.1) is 6.92 Å². The van der Waals surface area contributed by atoms with Crippen molar-refractivity contribution in [2.24, 2.45) is 4.99 Å². The van der Waals surface area contributed by atoms with Gasteiger partial charge in [-0.05, 0) is 37.6 Å². The van der Waals surface area contributed by atoms with Crippen LogP contribution in [-0.2, 0) is 11.4 Å². The number of carbonyl (C=O) groups excluding carboxylic acids is 1. The number of anilines is 1. The van der Waals surface area contributed by atoms with E-state index in [0.717, 1.165) is 28.4 Å². The Hall–Kier alpha value is -3.45. The van der Waals surface area contributed by atoms with Crippen LogP contribution in [0.15, 0.2) is 59.5 Å². The van der Waals surface area contributed by atoms with E-state index < -0.39 is 5.83 Å². The molecule has 0 radical (unpaired) electrons. The lowest BCUT2D eigenvalue weighted by Crippen LogP contribution is -2.26. The number of aliphatic imine (C=N–C) groups is 1. The minimum Gasteiger partial charge on any atom is -0.487 e. The van der Waals surface area contributed by atoms with E-state index in [9.17, 15) is 9.18 Å². The standard InChI is InChI=1S/C26H28ClFN4O2/c1-5-25(33)32-17(3)19-8-6-10-22(27)21(19)15-34-24-11-7-9-20-23(12-16(2)31-26(20)24)30-14-18(28)13-29-4/h6-14,17H,5,15H2,1-4H3,(H,30,31)(H,32,33)/b18-14+,29-13-. The van der Waals surface area contributed by atoms with Crippen molar-refractivity contribution in [2.45, 2.75) is 39.8 Å². The van der Waals surface area contributed by atoms with E-state index in [2.05, 4.69) is 20.6 Å². The van der Waals surface area contributed by atoms with Crippen LogP contribution in [-0.4, -0.2) is 24.2 Å². The Kier molecular flexibility index (Phi) is 8.60. The minimum atomic E-state index is -0.493. The first kappa shape index (κ1) is 25.2. The van der Waals surface area contributed by atoms with Gasteiger partial charge in [0.25, 0.3) is 0 Å². The van der Waals surface area contributed by atoms with E-state index in [1.54, 1.807) is 6.07 Å². The summed E-state index contributed by atoms with van der Waals surface area (Å²) < 4.78 is 20.0. The predicted molar refractivity (Wildman–Crippen MR) is 136 cm³/mol. The summed E-state index contributed by atoms with van der Waals surface area (Å²) in [5.41, 5.74) is 3.77. The average molecular weight is 483 g/mol. The number of aromatic nitrogens is 1. The van der Waals surface area contributed by atoms with Gasteiger partial charge in [0.05, 0.1) is 12.3 Å². The number of para-hydroxylation sites is 1. The van der Waals surface area contributed by atoms with Crippen LogP contribution in [0.2, 0.25) is 5.02 Å². The SMILES string of the molecule is CCC(=O)NC(C)c1cccc(Cl)c1COc1cccc2c(N/C=C(F)\C=N/C)cc(C)nc12. The number of carbonyl (C=O) groups is 1. The highest BCUT2D eigenvalue weighted by molar-refractivity contribution is 6.31. The Bertz CT molecular complexity index is 1240. The van der Waals surface area contributed by atoms with Gasteiger partial charge in [0.15, 0.2) is 5.83 Å². The number of aryl methyl sites for hydroxylation is 1. The first-order valence-corrected chi connectivity index (χ1v) is 11.4. The number of rotatable bonds is 9. The molecule has 2 aromatic carbocycles. The van der Waals surface area contributed by atoms with Crippen LogP contribution in [0.1, 0.15) is 43.1 Å². The van der Waals surface area contributed by atoms with Crippen molar-refractivity contribution in [3.63, 3.8) is 0 Å². The molecule has 6 nitrogen and oxygen atoms in total. The molecule has 0 saturated heterocycles. The molecule has 0 bridgehead atoms. The molecule has 8 heteroatoms. The second-order valence-electron chi connectivity index (χ2n) is 7.76. The molecule has 1 unspecified atom stereocenters. The highest BCUT2D eigenvalue weighted by Gasteiger charge is 2.16. The van der Waals surface area contributed by atoms with E-state index in [0.29, 0.717) is 28.4 Å². The van der Waals surface area contributed by atoms with Gasteiger partial charge < -0.3 is 15.4 Å². The number of nitrogens with zero attached hydrogens (tertiary/aromatic N) is 2. The van der Waals surface area contributed by atoms with Gasteiger partial charge >= 0.3 is 0 Å². The lowest BCUT2D eigenvalue weighted by Gasteiger charge is -2.20. The summed E-state index contributed by atoms with van der Waals surface area (Å²) in [6.45, 7) is 5.78. The lowest BCUT2D eigenvalue weighted by molar-refractivity contribution is -0.121. The Labute approximate surface area is 203 Å². The van der Waals surface area contributed by atoms with Crippen molar-refractivity contribution in [2.75, 3.05) is 12.4 Å². The molecule has 0 aliphatic rings. The quantitative estimate of drug-likeness (QED) is 0.351. The highest BCUT2D eigenvalue weighted by atomic mass is 35.5. The molecule has 1 atom stereocenters. The summed E-state index contributed by atoms with van der Waals surface area (Å²) in [4.78, 5) is 20.2. The van der Waals surface area contributed by atoms with Gasteiger partial charge in [0.2, 0.25) is 5.91 Å². The van der Waals surface area contributed by atoms with Crippen molar-refractivity contribution in [3.8, 4) is 5.75 Å². The molecule has 3 aromatic rings. The average Bonchev–Trinajstić information content (AvgIpc) is 2.81. The molecule has 1 amide bonds. The summed E-state index contributed by atoms with van der Waals surface area (Å²) in [6, 6.07) is 12.8. The van der Waals surface area contributed by atoms with Gasteiger partial charge in [-0.2, -0.15) is 0 Å². The molecule has 0 spiro atoms. The summed E-state index contributed by atoms with van der Waals surface area (Å²) in [6.07, 6.45) is 2.78. The van der Waals surface area contributed by atoms with Crippen molar-refractivity contribution in [1.82, 2.24) is 10.3 Å². The van der Waals surface area contributed by atoms with Crippen LogP contribution < -0.4 is 15.4 Å². The molecule has 1 aromatic heterocycles. The Morgan fingerprint density at radius 2 is 2.06 bits per heavy atom. The molecular formula is C26H28ClFN4O2. The molecule has 178 valence electrons. The van der Waals surface area contributed by atoms with Gasteiger partial charge in [-0.3, -0.25) is 9.79 Å². The number of fused-ring (bicyclic) bond motifs is 1. The monoisotopic (exact) mass is 482 g/mol. The Morgan fingerprint density at radius 3 is 2.79 bits per heavy atom. The van der Waals surface area contributed by atoms with Crippen LogP contribution >= 0.6 is 11.6 Å². The zero-order chi connectivity index (χ0) is 24.7. The maximum absolute atomic E-state index is 13.8. The molecule has 34 heavy (non-hydrogen) atoms. The smallest absolute Gasteiger partial charge is 0.220 e. The van der Waals surface area contributed by atoms with E-state index in [-0.39, 0.29) is 18.6 Å². The fraction of sp³-hybridized carbons (Fsp3) is 0.269. The minimum absolute atomic E-state index is 0.0382. The first-order valence-electron chi connectivity index (χ1n) is 11.0. The summed E-state index contributed by atoms with van der Waals surface area (Å²) in [5.74, 6) is 0.0387. The van der Waals surface area contributed by atoms with Gasteiger partial charge in [-0.1, -0.05) is 42.8 Å². The molecule has 0 aliphatic carbocycles. The fourth-order valence-electron chi connectivity index (χ4n) is 3.60. The number of hydrogen-bond donors (Lipinski definition) is 2. The van der Waals surface area contributed by atoms with E-state index in [1.165, 1.54) is 13.2 Å². The van der Waals surface area contributed by atoms with Crippen LogP contribution in [0.3, 0.4) is 0 Å². The van der Waals surface area contributed by atoms with Crippen molar-refractivity contribution >= 4 is 40.3 Å². The summed E-state index contributed by atoms with van der Waals surface area (Å²) >= 11 is 6.50. The van der Waals surface area contributed by atoms with Crippen LogP contribution in [0.25, 0.3) is 10.9 Å². The third kappa shape index (κ3) is 6.11. The molecule has 0 saturated carbocycles. The van der Waals surface area contributed by atoms with Gasteiger partial charge in [-0.15, -0.1) is 0 Å². The van der Waals surface area contributed by atoms with E-state index in [1.807, 2.05) is 57.2 Å². The number of nitrogens with one attached hydrogen (secondary N) is 2. The number of hydrogen-bond acceptors (Lipinski definition) is 5. The molecular weight excluding hydrogens is 455 g/mol. The number of benzene rings is 2.